The number of ether oxygens (including phenoxy) is 4. The van der Waals surface area contributed by atoms with Crippen molar-refractivity contribution in [2.24, 2.45) is 4.99 Å². The number of para-hydroxylation sites is 1. The quantitative estimate of drug-likeness (QED) is 0.515. The Morgan fingerprint density at radius 2 is 1.94 bits per heavy atom. The van der Waals surface area contributed by atoms with Gasteiger partial charge in [-0.1, -0.05) is 18.2 Å². The molecular formula is C23H36N4O4. The van der Waals surface area contributed by atoms with Crippen molar-refractivity contribution in [3.8, 4) is 5.75 Å². The van der Waals surface area contributed by atoms with E-state index in [1.54, 1.807) is 0 Å². The monoisotopic (exact) mass is 432 g/mol. The topological polar surface area (TPSA) is 67.8 Å². The summed E-state index contributed by atoms with van der Waals surface area (Å²) in [6.45, 7) is 9.05. The maximum atomic E-state index is 6.12. The van der Waals surface area contributed by atoms with Gasteiger partial charge in [0.15, 0.2) is 5.96 Å². The van der Waals surface area contributed by atoms with Crippen LogP contribution in [0.2, 0.25) is 0 Å². The van der Waals surface area contributed by atoms with Gasteiger partial charge in [0, 0.05) is 58.5 Å². The van der Waals surface area contributed by atoms with Crippen LogP contribution in [-0.4, -0.2) is 101 Å². The molecule has 2 atom stereocenters. The summed E-state index contributed by atoms with van der Waals surface area (Å²) in [4.78, 5) is 9.18. The third-order valence-corrected chi connectivity index (χ3v) is 6.16. The first-order chi connectivity index (χ1) is 15.3. The molecule has 1 aromatic carbocycles. The van der Waals surface area contributed by atoms with Crippen molar-refractivity contribution in [2.45, 2.75) is 31.6 Å². The van der Waals surface area contributed by atoms with Gasteiger partial charge in [0.25, 0.3) is 0 Å². The molecule has 0 aliphatic carbocycles. The van der Waals surface area contributed by atoms with E-state index in [1.807, 2.05) is 19.2 Å². The Labute approximate surface area is 185 Å². The summed E-state index contributed by atoms with van der Waals surface area (Å²) >= 11 is 0. The number of nitrogens with one attached hydrogen (secondary N) is 1. The zero-order valence-corrected chi connectivity index (χ0v) is 18.6. The summed E-state index contributed by atoms with van der Waals surface area (Å²) in [6.07, 6.45) is 2.53. The number of morpholine rings is 2. The van der Waals surface area contributed by atoms with Gasteiger partial charge >= 0.3 is 0 Å². The minimum atomic E-state index is 0.116. The fourth-order valence-corrected chi connectivity index (χ4v) is 4.40. The van der Waals surface area contributed by atoms with Crippen molar-refractivity contribution in [1.29, 1.82) is 0 Å². The minimum absolute atomic E-state index is 0.116. The van der Waals surface area contributed by atoms with E-state index in [2.05, 4.69) is 32.2 Å². The van der Waals surface area contributed by atoms with Crippen LogP contribution in [0.15, 0.2) is 29.3 Å². The number of benzene rings is 1. The molecule has 1 aromatic rings. The Bertz CT molecular complexity index is 705. The van der Waals surface area contributed by atoms with Gasteiger partial charge in [-0.05, 0) is 18.9 Å². The fourth-order valence-electron chi connectivity index (χ4n) is 4.40. The summed E-state index contributed by atoms with van der Waals surface area (Å²) < 4.78 is 23.4. The van der Waals surface area contributed by atoms with E-state index in [9.17, 15) is 0 Å². The summed E-state index contributed by atoms with van der Waals surface area (Å²) in [5.41, 5.74) is 1.13. The van der Waals surface area contributed by atoms with Gasteiger partial charge in [-0.15, -0.1) is 0 Å². The molecule has 0 aromatic heterocycles. The highest BCUT2D eigenvalue weighted by atomic mass is 16.5. The van der Waals surface area contributed by atoms with Crippen molar-refractivity contribution in [2.75, 3.05) is 72.8 Å². The molecule has 0 spiro atoms. The summed E-state index contributed by atoms with van der Waals surface area (Å²) in [7, 11) is 1.84. The number of nitrogens with zero attached hydrogens (tertiary/aromatic N) is 3. The van der Waals surface area contributed by atoms with Gasteiger partial charge in [0.2, 0.25) is 0 Å². The van der Waals surface area contributed by atoms with Crippen molar-refractivity contribution in [3.63, 3.8) is 0 Å². The Morgan fingerprint density at radius 3 is 2.74 bits per heavy atom. The van der Waals surface area contributed by atoms with Crippen LogP contribution in [0.3, 0.4) is 0 Å². The fraction of sp³-hybridized carbons (Fsp3) is 0.696. The molecule has 8 heteroatoms. The molecule has 0 radical (unpaired) electrons. The molecule has 3 fully saturated rings. The second-order valence-corrected chi connectivity index (χ2v) is 8.22. The van der Waals surface area contributed by atoms with Gasteiger partial charge < -0.3 is 29.2 Å². The normalized spacial score (nSPS) is 25.6. The predicted octanol–water partition coefficient (Wildman–Crippen LogP) is 1.35. The average molecular weight is 433 g/mol. The lowest BCUT2D eigenvalue weighted by atomic mass is 10.1. The van der Waals surface area contributed by atoms with Crippen LogP contribution in [0.1, 0.15) is 18.4 Å². The first kappa shape index (κ1) is 22.3. The van der Waals surface area contributed by atoms with Crippen LogP contribution in [0, 0.1) is 0 Å². The van der Waals surface area contributed by atoms with Crippen LogP contribution < -0.4 is 10.1 Å². The van der Waals surface area contributed by atoms with Crippen LogP contribution in [-0.2, 0) is 20.8 Å². The van der Waals surface area contributed by atoms with Gasteiger partial charge in [-0.2, -0.15) is 0 Å². The van der Waals surface area contributed by atoms with E-state index in [0.29, 0.717) is 19.8 Å². The van der Waals surface area contributed by atoms with Gasteiger partial charge in [-0.25, -0.2) is 0 Å². The van der Waals surface area contributed by atoms with E-state index in [-0.39, 0.29) is 12.2 Å². The average Bonchev–Trinajstić information content (AvgIpc) is 3.36. The second kappa shape index (κ2) is 11.7. The molecule has 0 amide bonds. The smallest absolute Gasteiger partial charge is 0.194 e. The zero-order valence-electron chi connectivity index (χ0n) is 18.6. The number of guanidine groups is 1. The van der Waals surface area contributed by atoms with E-state index < -0.39 is 0 Å². The van der Waals surface area contributed by atoms with Gasteiger partial charge in [0.05, 0.1) is 25.9 Å². The van der Waals surface area contributed by atoms with Crippen LogP contribution in [0.4, 0.5) is 0 Å². The molecule has 1 N–H and O–H groups in total. The van der Waals surface area contributed by atoms with Crippen LogP contribution in [0.5, 0.6) is 5.75 Å². The maximum absolute atomic E-state index is 6.12. The lowest BCUT2D eigenvalue weighted by Gasteiger charge is -2.37. The molecule has 4 rings (SSSR count). The van der Waals surface area contributed by atoms with Crippen LogP contribution in [0.25, 0.3) is 0 Å². The molecule has 172 valence electrons. The molecule has 31 heavy (non-hydrogen) atoms. The van der Waals surface area contributed by atoms with E-state index in [0.717, 1.165) is 82.7 Å². The maximum Gasteiger partial charge on any atom is 0.194 e. The highest BCUT2D eigenvalue weighted by Gasteiger charge is 2.32. The van der Waals surface area contributed by atoms with E-state index in [1.165, 1.54) is 0 Å². The number of hydrogen-bond acceptors (Lipinski definition) is 6. The third-order valence-electron chi connectivity index (χ3n) is 6.16. The number of rotatable bonds is 7. The predicted molar refractivity (Wildman–Crippen MR) is 120 cm³/mol. The van der Waals surface area contributed by atoms with Gasteiger partial charge in [0.1, 0.15) is 18.5 Å². The first-order valence-corrected chi connectivity index (χ1v) is 11.5. The van der Waals surface area contributed by atoms with Crippen molar-refractivity contribution in [1.82, 2.24) is 15.1 Å². The van der Waals surface area contributed by atoms with Crippen molar-refractivity contribution >= 4 is 5.96 Å². The standard InChI is InChI=1S/C23H36N4O4/c1-24-23(27-11-16-31-22(18-27)21-7-4-12-29-21)25-17-19-5-2-3-6-20(19)30-15-10-26-8-13-28-14-9-26/h2-3,5-6,21-22H,4,7-18H2,1H3,(H,24,25). The SMILES string of the molecule is CN=C(NCc1ccccc1OCCN1CCOCC1)N1CCOC(C2CCCO2)C1. The molecule has 3 aliphatic heterocycles. The Balaban J connectivity index is 1.28. The largest absolute Gasteiger partial charge is 0.492 e. The highest BCUT2D eigenvalue weighted by Crippen LogP contribution is 2.21. The van der Waals surface area contributed by atoms with Crippen molar-refractivity contribution < 1.29 is 18.9 Å². The number of aliphatic imine (C=N–C) groups is 1. The molecule has 0 bridgehead atoms. The lowest BCUT2D eigenvalue weighted by Crippen LogP contribution is -2.53. The highest BCUT2D eigenvalue weighted by molar-refractivity contribution is 5.80. The molecule has 0 saturated carbocycles. The molecular weight excluding hydrogens is 396 g/mol. The first-order valence-electron chi connectivity index (χ1n) is 11.5. The zero-order chi connectivity index (χ0) is 21.3. The molecule has 3 saturated heterocycles. The lowest BCUT2D eigenvalue weighted by molar-refractivity contribution is -0.0817. The number of hydrogen-bond donors (Lipinski definition) is 1. The summed E-state index contributed by atoms with van der Waals surface area (Å²) in [5.74, 6) is 1.83. The second-order valence-electron chi connectivity index (χ2n) is 8.22. The molecule has 3 aliphatic rings. The third kappa shape index (κ3) is 6.32. The molecule has 2 unspecified atom stereocenters. The Morgan fingerprint density at radius 1 is 1.10 bits per heavy atom. The molecule has 8 nitrogen and oxygen atoms in total. The van der Waals surface area contributed by atoms with Crippen LogP contribution >= 0.6 is 0 Å². The Hall–Kier alpha value is -1.87. The van der Waals surface area contributed by atoms with E-state index >= 15 is 0 Å². The summed E-state index contributed by atoms with van der Waals surface area (Å²) in [6, 6.07) is 8.23. The van der Waals surface area contributed by atoms with E-state index in [4.69, 9.17) is 18.9 Å². The summed E-state index contributed by atoms with van der Waals surface area (Å²) in [5, 5.41) is 3.52. The molecule has 3 heterocycles. The Kier molecular flexibility index (Phi) is 8.40. The van der Waals surface area contributed by atoms with Crippen molar-refractivity contribution in [3.05, 3.63) is 29.8 Å². The van der Waals surface area contributed by atoms with Gasteiger partial charge in [-0.3, -0.25) is 9.89 Å². The minimum Gasteiger partial charge on any atom is -0.492 e.